The second kappa shape index (κ2) is 13.7. The van der Waals surface area contributed by atoms with Gasteiger partial charge in [-0.3, -0.25) is 0 Å². The van der Waals surface area contributed by atoms with E-state index in [0.717, 1.165) is 17.1 Å². The molecule has 0 N–H and O–H groups in total. The van der Waals surface area contributed by atoms with Gasteiger partial charge in [0.05, 0.1) is 0 Å². The largest absolute Gasteiger partial charge is 0.310 e. The molecule has 0 heterocycles. The van der Waals surface area contributed by atoms with Crippen LogP contribution in [0.4, 0.5) is 17.1 Å². The number of rotatable bonds is 7. The summed E-state index contributed by atoms with van der Waals surface area (Å²) in [5.74, 6) is 0. The van der Waals surface area contributed by atoms with Gasteiger partial charge in [-0.1, -0.05) is 178 Å². The molecule has 0 spiro atoms. The van der Waals surface area contributed by atoms with E-state index >= 15 is 0 Å². The number of fused-ring (bicyclic) bond motifs is 4. The average Bonchev–Trinajstić information content (AvgIpc) is 3.50. The Hall–Kier alpha value is -6.96. The summed E-state index contributed by atoms with van der Waals surface area (Å²) in [6, 6.07) is 77.5. The van der Waals surface area contributed by atoms with Gasteiger partial charge in [-0.05, 0) is 126 Å². The molecule has 10 rings (SSSR count). The number of para-hydroxylation sites is 1. The monoisotopic (exact) mass is 715 g/mol. The van der Waals surface area contributed by atoms with Gasteiger partial charge in [0.2, 0.25) is 0 Å². The van der Waals surface area contributed by atoms with Crippen LogP contribution in [0.15, 0.2) is 212 Å². The highest BCUT2D eigenvalue weighted by molar-refractivity contribution is 5.98. The van der Waals surface area contributed by atoms with E-state index in [9.17, 15) is 0 Å². The Morgan fingerprint density at radius 3 is 1.50 bits per heavy atom. The van der Waals surface area contributed by atoms with Crippen LogP contribution in [0.5, 0.6) is 0 Å². The van der Waals surface area contributed by atoms with E-state index in [-0.39, 0.29) is 5.41 Å². The van der Waals surface area contributed by atoms with Crippen molar-refractivity contribution in [1.29, 1.82) is 0 Å². The number of hydrogen-bond acceptors (Lipinski definition) is 1. The maximum absolute atomic E-state index is 2.43. The molecule has 0 amide bonds. The molecule has 0 aromatic heterocycles. The fraction of sp³-hybridized carbons (Fsp3) is 0.0545. The molecule has 1 aliphatic rings. The Morgan fingerprint density at radius 2 is 0.804 bits per heavy atom. The third-order valence-electron chi connectivity index (χ3n) is 11.6. The van der Waals surface area contributed by atoms with Gasteiger partial charge in [0.25, 0.3) is 0 Å². The van der Waals surface area contributed by atoms with Crippen molar-refractivity contribution in [2.45, 2.75) is 19.3 Å². The van der Waals surface area contributed by atoms with Crippen LogP contribution in [0, 0.1) is 0 Å². The zero-order chi connectivity index (χ0) is 37.6. The van der Waals surface area contributed by atoms with Gasteiger partial charge in [-0.15, -0.1) is 0 Å². The highest BCUT2D eigenvalue weighted by Gasteiger charge is 2.37. The lowest BCUT2D eigenvalue weighted by atomic mass is 9.81. The summed E-state index contributed by atoms with van der Waals surface area (Å²) in [5, 5.41) is 2.48. The number of hydrogen-bond donors (Lipinski definition) is 0. The molecule has 0 aliphatic heterocycles. The molecule has 1 heteroatoms. The van der Waals surface area contributed by atoms with Crippen molar-refractivity contribution < 1.29 is 0 Å². The second-order valence-electron chi connectivity index (χ2n) is 15.4. The minimum atomic E-state index is -0.180. The predicted molar refractivity (Wildman–Crippen MR) is 238 cm³/mol. The first-order valence-corrected chi connectivity index (χ1v) is 19.5. The highest BCUT2D eigenvalue weighted by atomic mass is 15.1. The predicted octanol–water partition coefficient (Wildman–Crippen LogP) is 15.3. The summed E-state index contributed by atoms with van der Waals surface area (Å²) >= 11 is 0. The highest BCUT2D eigenvalue weighted by Crippen LogP contribution is 2.54. The summed E-state index contributed by atoms with van der Waals surface area (Å²) in [6.07, 6.45) is 0. The van der Waals surface area contributed by atoms with Gasteiger partial charge in [-0.2, -0.15) is 0 Å². The Morgan fingerprint density at radius 1 is 0.304 bits per heavy atom. The molecule has 266 valence electrons. The van der Waals surface area contributed by atoms with Crippen molar-refractivity contribution in [1.82, 2.24) is 0 Å². The first-order valence-electron chi connectivity index (χ1n) is 19.5. The van der Waals surface area contributed by atoms with Crippen LogP contribution >= 0.6 is 0 Å². The SMILES string of the molecule is CC1(C)c2cc(N(c3ccccc3)c3cccc(-c4cc5ccccc5cc4-c4ccccc4)c3)ccc2-c2c(-c3ccc(-c4ccccc4)cc3)cccc21. The first-order chi connectivity index (χ1) is 27.5. The molecule has 56 heavy (non-hydrogen) atoms. The molecule has 1 aliphatic carbocycles. The quantitative estimate of drug-likeness (QED) is 0.159. The standard InChI is InChI=1S/C55H41N/c1-55(2)52-27-15-26-48(41-30-28-39(29-31-41)38-16-6-3-7-17-38)54(52)49-33-32-47(37-53(49)55)56(45-23-10-5-11-24-45)46-25-14-22-44(34-46)51-36-43-21-13-12-20-42(43)35-50(51)40-18-8-4-9-19-40/h3-37H,1-2H3. The fourth-order valence-electron chi connectivity index (χ4n) is 8.80. The lowest BCUT2D eigenvalue weighted by molar-refractivity contribution is 0.660. The molecule has 0 saturated carbocycles. The third kappa shape index (κ3) is 5.81. The molecule has 0 fully saturated rings. The van der Waals surface area contributed by atoms with Gasteiger partial charge >= 0.3 is 0 Å². The molecule has 0 bridgehead atoms. The van der Waals surface area contributed by atoms with E-state index in [1.54, 1.807) is 0 Å². The molecular formula is C55H41N. The van der Waals surface area contributed by atoms with Crippen molar-refractivity contribution in [2.75, 3.05) is 4.90 Å². The third-order valence-corrected chi connectivity index (χ3v) is 11.6. The number of nitrogens with zero attached hydrogens (tertiary/aromatic N) is 1. The summed E-state index contributed by atoms with van der Waals surface area (Å²) < 4.78 is 0. The minimum absolute atomic E-state index is 0.180. The van der Waals surface area contributed by atoms with Gasteiger partial charge < -0.3 is 4.90 Å². The van der Waals surface area contributed by atoms with Crippen molar-refractivity contribution in [3.05, 3.63) is 223 Å². The smallest absolute Gasteiger partial charge is 0.0467 e. The van der Waals surface area contributed by atoms with E-state index in [4.69, 9.17) is 0 Å². The maximum atomic E-state index is 2.43. The summed E-state index contributed by atoms with van der Waals surface area (Å²) in [4.78, 5) is 2.41. The van der Waals surface area contributed by atoms with Crippen LogP contribution in [0.3, 0.4) is 0 Å². The van der Waals surface area contributed by atoms with Crippen LogP contribution in [0.1, 0.15) is 25.0 Å². The zero-order valence-corrected chi connectivity index (χ0v) is 31.7. The van der Waals surface area contributed by atoms with Crippen LogP contribution in [0.25, 0.3) is 66.4 Å². The fourth-order valence-corrected chi connectivity index (χ4v) is 8.80. The topological polar surface area (TPSA) is 3.24 Å². The lowest BCUT2D eigenvalue weighted by Crippen LogP contribution is -2.16. The van der Waals surface area contributed by atoms with E-state index in [1.807, 2.05) is 0 Å². The minimum Gasteiger partial charge on any atom is -0.310 e. The summed E-state index contributed by atoms with van der Waals surface area (Å²) in [6.45, 7) is 4.75. The van der Waals surface area contributed by atoms with Gasteiger partial charge in [-0.25, -0.2) is 0 Å². The molecule has 0 radical (unpaired) electrons. The molecule has 9 aromatic carbocycles. The van der Waals surface area contributed by atoms with Crippen molar-refractivity contribution in [3.8, 4) is 55.6 Å². The average molecular weight is 716 g/mol. The van der Waals surface area contributed by atoms with Crippen LogP contribution in [-0.4, -0.2) is 0 Å². The van der Waals surface area contributed by atoms with Crippen LogP contribution in [0.2, 0.25) is 0 Å². The van der Waals surface area contributed by atoms with E-state index in [0.29, 0.717) is 0 Å². The molecule has 0 saturated heterocycles. The van der Waals surface area contributed by atoms with E-state index in [2.05, 4.69) is 231 Å². The van der Waals surface area contributed by atoms with Crippen molar-refractivity contribution >= 4 is 27.8 Å². The van der Waals surface area contributed by atoms with Gasteiger partial charge in [0.1, 0.15) is 0 Å². The van der Waals surface area contributed by atoms with Gasteiger partial charge in [0, 0.05) is 22.5 Å². The second-order valence-corrected chi connectivity index (χ2v) is 15.4. The molecular weight excluding hydrogens is 675 g/mol. The lowest BCUT2D eigenvalue weighted by Gasteiger charge is -2.28. The maximum Gasteiger partial charge on any atom is 0.0467 e. The zero-order valence-electron chi connectivity index (χ0n) is 31.7. The first kappa shape index (κ1) is 33.6. The number of benzene rings is 9. The Kier molecular flexibility index (Phi) is 8.23. The van der Waals surface area contributed by atoms with E-state index < -0.39 is 0 Å². The van der Waals surface area contributed by atoms with E-state index in [1.165, 1.54) is 77.5 Å². The molecule has 1 nitrogen and oxygen atoms in total. The molecule has 0 atom stereocenters. The van der Waals surface area contributed by atoms with Crippen LogP contribution in [-0.2, 0) is 5.41 Å². The Bertz CT molecular complexity index is 2850. The van der Waals surface area contributed by atoms with Crippen molar-refractivity contribution in [3.63, 3.8) is 0 Å². The number of anilines is 3. The normalized spacial score (nSPS) is 12.6. The Labute approximate surface area is 329 Å². The molecule has 0 unspecified atom stereocenters. The van der Waals surface area contributed by atoms with Crippen molar-refractivity contribution in [2.24, 2.45) is 0 Å². The Balaban J connectivity index is 1.09. The summed E-state index contributed by atoms with van der Waals surface area (Å²) in [7, 11) is 0. The van der Waals surface area contributed by atoms with Crippen LogP contribution < -0.4 is 4.90 Å². The summed E-state index contributed by atoms with van der Waals surface area (Å²) in [5.41, 5.74) is 18.4. The van der Waals surface area contributed by atoms with Gasteiger partial charge in [0.15, 0.2) is 0 Å². The molecule has 9 aromatic rings.